The number of carbonyl (C=O) groups is 1. The SMILES string of the molecule is Cc1ccc(N[C@H](C)C(=O)NN=Cc2cc(Br)ccc2O)c(C)c1. The molecule has 0 aliphatic carbocycles. The van der Waals surface area contributed by atoms with Gasteiger partial charge in [0.15, 0.2) is 0 Å². The highest BCUT2D eigenvalue weighted by atomic mass is 79.9. The fraction of sp³-hybridized carbons (Fsp3) is 0.222. The molecule has 0 unspecified atom stereocenters. The van der Waals surface area contributed by atoms with Crippen molar-refractivity contribution in [3.05, 3.63) is 57.6 Å². The van der Waals surface area contributed by atoms with Crippen molar-refractivity contribution in [2.24, 2.45) is 5.10 Å². The number of phenolic OH excluding ortho intramolecular Hbond substituents is 1. The molecular weight excluding hydrogens is 370 g/mol. The first-order valence-electron chi connectivity index (χ1n) is 7.52. The molecule has 0 radical (unpaired) electrons. The molecule has 126 valence electrons. The van der Waals surface area contributed by atoms with Crippen molar-refractivity contribution in [1.82, 2.24) is 5.43 Å². The summed E-state index contributed by atoms with van der Waals surface area (Å²) in [4.78, 5) is 12.1. The van der Waals surface area contributed by atoms with Gasteiger partial charge in [-0.2, -0.15) is 5.10 Å². The van der Waals surface area contributed by atoms with Gasteiger partial charge < -0.3 is 10.4 Å². The Morgan fingerprint density at radius 1 is 1.25 bits per heavy atom. The summed E-state index contributed by atoms with van der Waals surface area (Å²) in [5.41, 5.74) is 6.15. The zero-order chi connectivity index (χ0) is 17.7. The van der Waals surface area contributed by atoms with Crippen LogP contribution in [-0.4, -0.2) is 23.3 Å². The lowest BCUT2D eigenvalue weighted by Gasteiger charge is -2.15. The molecular formula is C18H20BrN3O2. The van der Waals surface area contributed by atoms with E-state index < -0.39 is 6.04 Å². The number of amides is 1. The molecule has 0 aromatic heterocycles. The Morgan fingerprint density at radius 2 is 2.00 bits per heavy atom. The third kappa shape index (κ3) is 4.83. The minimum atomic E-state index is -0.445. The molecule has 0 saturated carbocycles. The van der Waals surface area contributed by atoms with E-state index in [1.807, 2.05) is 26.0 Å². The Labute approximate surface area is 149 Å². The highest BCUT2D eigenvalue weighted by molar-refractivity contribution is 9.10. The minimum absolute atomic E-state index is 0.0950. The summed E-state index contributed by atoms with van der Waals surface area (Å²) in [6, 6.07) is 10.5. The van der Waals surface area contributed by atoms with E-state index in [1.54, 1.807) is 25.1 Å². The molecule has 0 aliphatic rings. The number of nitrogens with one attached hydrogen (secondary N) is 2. The van der Waals surface area contributed by atoms with Crippen molar-refractivity contribution < 1.29 is 9.90 Å². The van der Waals surface area contributed by atoms with Crippen LogP contribution in [0.5, 0.6) is 5.75 Å². The van der Waals surface area contributed by atoms with Crippen LogP contribution in [0.4, 0.5) is 5.69 Å². The van der Waals surface area contributed by atoms with E-state index in [0.29, 0.717) is 5.56 Å². The summed E-state index contributed by atoms with van der Waals surface area (Å²) in [6.45, 7) is 5.79. The van der Waals surface area contributed by atoms with Gasteiger partial charge in [-0.05, 0) is 50.6 Å². The molecule has 2 aromatic carbocycles. The molecule has 24 heavy (non-hydrogen) atoms. The standard InChI is InChI=1S/C18H20BrN3O2/c1-11-4-6-16(12(2)8-11)21-13(3)18(24)22-20-10-14-9-15(19)5-7-17(14)23/h4-10,13,21,23H,1-3H3,(H,22,24)/t13-/m1/s1. The highest BCUT2D eigenvalue weighted by Crippen LogP contribution is 2.20. The van der Waals surface area contributed by atoms with Crippen molar-refractivity contribution >= 4 is 33.7 Å². The van der Waals surface area contributed by atoms with Gasteiger partial charge in [-0.25, -0.2) is 5.43 Å². The summed E-state index contributed by atoms with van der Waals surface area (Å²) in [6.07, 6.45) is 1.40. The van der Waals surface area contributed by atoms with Crippen LogP contribution in [0.25, 0.3) is 0 Å². The van der Waals surface area contributed by atoms with Gasteiger partial charge in [0.05, 0.1) is 6.21 Å². The van der Waals surface area contributed by atoms with E-state index in [2.05, 4.69) is 37.8 Å². The molecule has 0 saturated heterocycles. The van der Waals surface area contributed by atoms with Gasteiger partial charge in [0, 0.05) is 15.7 Å². The molecule has 2 rings (SSSR count). The van der Waals surface area contributed by atoms with E-state index in [1.165, 1.54) is 11.8 Å². The van der Waals surface area contributed by atoms with Crippen LogP contribution in [0.3, 0.4) is 0 Å². The monoisotopic (exact) mass is 389 g/mol. The molecule has 5 nitrogen and oxygen atoms in total. The predicted molar refractivity (Wildman–Crippen MR) is 101 cm³/mol. The van der Waals surface area contributed by atoms with Gasteiger partial charge >= 0.3 is 0 Å². The van der Waals surface area contributed by atoms with Gasteiger partial charge in [-0.15, -0.1) is 0 Å². The molecule has 0 spiro atoms. The number of nitrogens with zero attached hydrogens (tertiary/aromatic N) is 1. The lowest BCUT2D eigenvalue weighted by molar-refractivity contribution is -0.121. The zero-order valence-corrected chi connectivity index (χ0v) is 15.4. The van der Waals surface area contributed by atoms with Gasteiger partial charge in [-0.1, -0.05) is 33.6 Å². The van der Waals surface area contributed by atoms with E-state index in [9.17, 15) is 9.90 Å². The number of aromatic hydroxyl groups is 1. The first-order valence-corrected chi connectivity index (χ1v) is 8.31. The van der Waals surface area contributed by atoms with Crippen LogP contribution in [0.1, 0.15) is 23.6 Å². The van der Waals surface area contributed by atoms with Crippen LogP contribution in [0, 0.1) is 13.8 Å². The van der Waals surface area contributed by atoms with Crippen molar-refractivity contribution in [3.8, 4) is 5.75 Å². The number of hydrogen-bond acceptors (Lipinski definition) is 4. The fourth-order valence-electron chi connectivity index (χ4n) is 2.17. The summed E-state index contributed by atoms with van der Waals surface area (Å²) >= 11 is 3.32. The molecule has 3 N–H and O–H groups in total. The molecule has 0 heterocycles. The van der Waals surface area contributed by atoms with Crippen LogP contribution in [0.2, 0.25) is 0 Å². The summed E-state index contributed by atoms with van der Waals surface area (Å²) < 4.78 is 0.818. The normalized spacial score (nSPS) is 12.2. The molecule has 6 heteroatoms. The Hall–Kier alpha value is -2.34. The number of hydrogen-bond donors (Lipinski definition) is 3. The second kappa shape index (κ2) is 7.97. The Kier molecular flexibility index (Phi) is 5.98. The zero-order valence-electron chi connectivity index (χ0n) is 13.8. The number of hydrazone groups is 1. The second-order valence-electron chi connectivity index (χ2n) is 5.62. The Bertz CT molecular complexity index is 775. The van der Waals surface area contributed by atoms with Gasteiger partial charge in [-0.3, -0.25) is 4.79 Å². The van der Waals surface area contributed by atoms with E-state index in [4.69, 9.17) is 0 Å². The maximum Gasteiger partial charge on any atom is 0.262 e. The van der Waals surface area contributed by atoms with E-state index >= 15 is 0 Å². The van der Waals surface area contributed by atoms with Crippen LogP contribution < -0.4 is 10.7 Å². The number of aryl methyl sites for hydroxylation is 2. The smallest absolute Gasteiger partial charge is 0.262 e. The predicted octanol–water partition coefficient (Wildman–Crippen LogP) is 3.72. The first-order chi connectivity index (χ1) is 11.4. The van der Waals surface area contributed by atoms with E-state index in [-0.39, 0.29) is 11.7 Å². The molecule has 0 fully saturated rings. The first kappa shape index (κ1) is 18.0. The maximum atomic E-state index is 12.1. The molecule has 1 amide bonds. The molecule has 2 aromatic rings. The van der Waals surface area contributed by atoms with Crippen molar-refractivity contribution in [2.45, 2.75) is 26.8 Å². The quantitative estimate of drug-likeness (QED) is 0.538. The third-order valence-electron chi connectivity index (χ3n) is 3.52. The lowest BCUT2D eigenvalue weighted by atomic mass is 10.1. The van der Waals surface area contributed by atoms with Crippen molar-refractivity contribution in [2.75, 3.05) is 5.32 Å². The molecule has 0 aliphatic heterocycles. The van der Waals surface area contributed by atoms with E-state index in [0.717, 1.165) is 15.7 Å². The number of benzene rings is 2. The van der Waals surface area contributed by atoms with Gasteiger partial charge in [0.2, 0.25) is 0 Å². The van der Waals surface area contributed by atoms with Crippen LogP contribution >= 0.6 is 15.9 Å². The average molecular weight is 390 g/mol. The van der Waals surface area contributed by atoms with Crippen LogP contribution in [0.15, 0.2) is 46.0 Å². The summed E-state index contributed by atoms with van der Waals surface area (Å²) in [5, 5.41) is 16.8. The number of phenols is 1. The highest BCUT2D eigenvalue weighted by Gasteiger charge is 2.12. The third-order valence-corrected chi connectivity index (χ3v) is 4.01. The number of carbonyl (C=O) groups excluding carboxylic acids is 1. The minimum Gasteiger partial charge on any atom is -0.507 e. The fourth-order valence-corrected chi connectivity index (χ4v) is 2.54. The molecule has 0 bridgehead atoms. The number of anilines is 1. The van der Waals surface area contributed by atoms with Crippen molar-refractivity contribution in [3.63, 3.8) is 0 Å². The average Bonchev–Trinajstić information content (AvgIpc) is 2.53. The lowest BCUT2D eigenvalue weighted by Crippen LogP contribution is -2.35. The van der Waals surface area contributed by atoms with Gasteiger partial charge in [0.25, 0.3) is 5.91 Å². The number of halogens is 1. The summed E-state index contributed by atoms with van der Waals surface area (Å²) in [7, 11) is 0. The van der Waals surface area contributed by atoms with Crippen molar-refractivity contribution in [1.29, 1.82) is 0 Å². The Balaban J connectivity index is 1.96. The van der Waals surface area contributed by atoms with Gasteiger partial charge in [0.1, 0.15) is 11.8 Å². The largest absolute Gasteiger partial charge is 0.507 e. The van der Waals surface area contributed by atoms with Crippen LogP contribution in [-0.2, 0) is 4.79 Å². The molecule has 1 atom stereocenters. The Morgan fingerprint density at radius 3 is 2.71 bits per heavy atom. The second-order valence-corrected chi connectivity index (χ2v) is 6.54. The number of rotatable bonds is 5. The topological polar surface area (TPSA) is 73.7 Å². The maximum absolute atomic E-state index is 12.1. The summed E-state index contributed by atoms with van der Waals surface area (Å²) in [5.74, 6) is -0.168.